The van der Waals surface area contributed by atoms with Gasteiger partial charge in [-0.2, -0.15) is 0 Å². The highest BCUT2D eigenvalue weighted by atomic mass is 35.5. The molecule has 0 aliphatic heterocycles. The lowest BCUT2D eigenvalue weighted by Gasteiger charge is -2.19. The van der Waals surface area contributed by atoms with Crippen molar-refractivity contribution in [1.29, 1.82) is 0 Å². The SMILES string of the molecule is CCCN(C)c1ccc(CNC2CC2)c(Cl)c1. The number of hydrogen-bond acceptors (Lipinski definition) is 2. The quantitative estimate of drug-likeness (QED) is 0.835. The molecule has 0 aromatic heterocycles. The van der Waals surface area contributed by atoms with Crippen LogP contribution >= 0.6 is 11.6 Å². The highest BCUT2D eigenvalue weighted by Gasteiger charge is 2.20. The van der Waals surface area contributed by atoms with E-state index >= 15 is 0 Å². The Balaban J connectivity index is 1.99. The average Bonchev–Trinajstić information content (AvgIpc) is 3.11. The molecule has 1 aliphatic rings. The van der Waals surface area contributed by atoms with E-state index in [0.717, 1.165) is 30.6 Å². The predicted octanol–water partition coefficient (Wildman–Crippen LogP) is 3.44. The van der Waals surface area contributed by atoms with Crippen LogP contribution in [0.25, 0.3) is 0 Å². The molecule has 1 N–H and O–H groups in total. The Morgan fingerprint density at radius 2 is 2.18 bits per heavy atom. The largest absolute Gasteiger partial charge is 0.375 e. The molecule has 0 atom stereocenters. The van der Waals surface area contributed by atoms with Crippen LogP contribution in [0.4, 0.5) is 5.69 Å². The van der Waals surface area contributed by atoms with Gasteiger partial charge in [-0.15, -0.1) is 0 Å². The monoisotopic (exact) mass is 252 g/mol. The van der Waals surface area contributed by atoms with Crippen LogP contribution < -0.4 is 10.2 Å². The second kappa shape index (κ2) is 5.74. The zero-order valence-corrected chi connectivity index (χ0v) is 11.4. The molecule has 0 spiro atoms. The second-order valence-corrected chi connectivity index (χ2v) is 5.26. The first kappa shape index (κ1) is 12.7. The topological polar surface area (TPSA) is 15.3 Å². The summed E-state index contributed by atoms with van der Waals surface area (Å²) in [7, 11) is 2.11. The maximum absolute atomic E-state index is 6.31. The van der Waals surface area contributed by atoms with Crippen LogP contribution in [0.15, 0.2) is 18.2 Å². The third-order valence-corrected chi connectivity index (χ3v) is 3.55. The molecule has 17 heavy (non-hydrogen) atoms. The number of halogens is 1. The molecule has 0 heterocycles. The Bertz CT molecular complexity index is 374. The van der Waals surface area contributed by atoms with Crippen LogP contribution in [0.3, 0.4) is 0 Å². The summed E-state index contributed by atoms with van der Waals surface area (Å²) >= 11 is 6.31. The molecule has 0 radical (unpaired) electrons. The molecule has 1 fully saturated rings. The summed E-state index contributed by atoms with van der Waals surface area (Å²) in [6.45, 7) is 4.14. The van der Waals surface area contributed by atoms with Gasteiger partial charge in [0.2, 0.25) is 0 Å². The third kappa shape index (κ3) is 3.62. The molecule has 0 bridgehead atoms. The van der Waals surface area contributed by atoms with Gasteiger partial charge in [-0.1, -0.05) is 24.6 Å². The van der Waals surface area contributed by atoms with Crippen molar-refractivity contribution < 1.29 is 0 Å². The van der Waals surface area contributed by atoms with E-state index < -0.39 is 0 Å². The molecule has 1 aliphatic carbocycles. The van der Waals surface area contributed by atoms with Crippen LogP contribution in [0.5, 0.6) is 0 Å². The molecule has 2 rings (SSSR count). The van der Waals surface area contributed by atoms with Gasteiger partial charge < -0.3 is 10.2 Å². The number of hydrogen-bond donors (Lipinski definition) is 1. The van der Waals surface area contributed by atoms with Gasteiger partial charge in [0.05, 0.1) is 0 Å². The minimum absolute atomic E-state index is 0.730. The number of rotatable bonds is 6. The first-order chi connectivity index (χ1) is 8.20. The van der Waals surface area contributed by atoms with Crippen molar-refractivity contribution in [2.45, 2.75) is 38.8 Å². The van der Waals surface area contributed by atoms with Gasteiger partial charge in [-0.3, -0.25) is 0 Å². The van der Waals surface area contributed by atoms with E-state index in [0.29, 0.717) is 0 Å². The van der Waals surface area contributed by atoms with E-state index in [2.05, 4.69) is 42.4 Å². The molecular weight excluding hydrogens is 232 g/mol. The lowest BCUT2D eigenvalue weighted by Crippen LogP contribution is -2.18. The first-order valence-corrected chi connectivity index (χ1v) is 6.81. The van der Waals surface area contributed by atoms with Gasteiger partial charge in [0.25, 0.3) is 0 Å². The van der Waals surface area contributed by atoms with Crippen LogP contribution in [-0.2, 0) is 6.54 Å². The van der Waals surface area contributed by atoms with Crippen molar-refractivity contribution in [3.63, 3.8) is 0 Å². The van der Waals surface area contributed by atoms with Crippen molar-refractivity contribution in [3.8, 4) is 0 Å². The third-order valence-electron chi connectivity index (χ3n) is 3.19. The molecule has 0 unspecified atom stereocenters. The number of nitrogens with zero attached hydrogens (tertiary/aromatic N) is 1. The lowest BCUT2D eigenvalue weighted by molar-refractivity contribution is 0.688. The van der Waals surface area contributed by atoms with E-state index in [1.54, 1.807) is 0 Å². The molecule has 3 heteroatoms. The van der Waals surface area contributed by atoms with Crippen molar-refractivity contribution >= 4 is 17.3 Å². The van der Waals surface area contributed by atoms with Crippen molar-refractivity contribution in [3.05, 3.63) is 28.8 Å². The summed E-state index contributed by atoms with van der Waals surface area (Å²) in [6.07, 6.45) is 3.78. The minimum atomic E-state index is 0.730. The summed E-state index contributed by atoms with van der Waals surface area (Å²) in [5, 5.41) is 4.36. The molecule has 1 aromatic carbocycles. The molecule has 94 valence electrons. The van der Waals surface area contributed by atoms with E-state index in [1.807, 2.05) is 0 Å². The van der Waals surface area contributed by atoms with Gasteiger partial charge in [0.15, 0.2) is 0 Å². The fourth-order valence-electron chi connectivity index (χ4n) is 1.92. The normalized spacial score (nSPS) is 15.0. The van der Waals surface area contributed by atoms with Gasteiger partial charge in [0.1, 0.15) is 0 Å². The highest BCUT2D eigenvalue weighted by Crippen LogP contribution is 2.25. The number of benzene rings is 1. The van der Waals surface area contributed by atoms with Crippen molar-refractivity contribution in [1.82, 2.24) is 5.32 Å². The Morgan fingerprint density at radius 1 is 1.41 bits per heavy atom. The van der Waals surface area contributed by atoms with Crippen LogP contribution in [0.2, 0.25) is 5.02 Å². The minimum Gasteiger partial charge on any atom is -0.375 e. The Morgan fingerprint density at radius 3 is 2.76 bits per heavy atom. The summed E-state index contributed by atoms with van der Waals surface area (Å²) < 4.78 is 0. The molecular formula is C14H21ClN2. The Hall–Kier alpha value is -0.730. The fraction of sp³-hybridized carbons (Fsp3) is 0.571. The van der Waals surface area contributed by atoms with Crippen LogP contribution in [-0.4, -0.2) is 19.6 Å². The van der Waals surface area contributed by atoms with Gasteiger partial charge >= 0.3 is 0 Å². The van der Waals surface area contributed by atoms with Crippen LogP contribution in [0, 0.1) is 0 Å². The molecule has 2 nitrogen and oxygen atoms in total. The zero-order chi connectivity index (χ0) is 12.3. The summed E-state index contributed by atoms with van der Waals surface area (Å²) in [4.78, 5) is 2.24. The maximum atomic E-state index is 6.31. The van der Waals surface area contributed by atoms with Gasteiger partial charge in [-0.25, -0.2) is 0 Å². The van der Waals surface area contributed by atoms with E-state index in [4.69, 9.17) is 11.6 Å². The van der Waals surface area contributed by atoms with Gasteiger partial charge in [0, 0.05) is 36.9 Å². The summed E-state index contributed by atoms with van der Waals surface area (Å²) in [5.74, 6) is 0. The standard InChI is InChI=1S/C14H21ClN2/c1-3-8-17(2)13-7-4-11(14(15)9-13)10-16-12-5-6-12/h4,7,9,12,16H,3,5-6,8,10H2,1-2H3. The van der Waals surface area contributed by atoms with E-state index in [-0.39, 0.29) is 0 Å². The Kier molecular flexibility index (Phi) is 4.30. The maximum Gasteiger partial charge on any atom is 0.0471 e. The second-order valence-electron chi connectivity index (χ2n) is 4.85. The molecule has 0 saturated heterocycles. The van der Waals surface area contributed by atoms with Crippen molar-refractivity contribution in [2.75, 3.05) is 18.5 Å². The van der Waals surface area contributed by atoms with Gasteiger partial charge in [-0.05, 0) is 37.0 Å². The summed E-state index contributed by atoms with van der Waals surface area (Å²) in [6, 6.07) is 7.10. The molecule has 1 aromatic rings. The molecule has 0 amide bonds. The smallest absolute Gasteiger partial charge is 0.0471 e. The zero-order valence-electron chi connectivity index (χ0n) is 10.7. The lowest BCUT2D eigenvalue weighted by atomic mass is 10.2. The molecule has 1 saturated carbocycles. The highest BCUT2D eigenvalue weighted by molar-refractivity contribution is 6.31. The van der Waals surface area contributed by atoms with Crippen LogP contribution in [0.1, 0.15) is 31.7 Å². The average molecular weight is 253 g/mol. The predicted molar refractivity (Wildman–Crippen MR) is 74.9 cm³/mol. The fourth-order valence-corrected chi connectivity index (χ4v) is 2.16. The number of anilines is 1. The summed E-state index contributed by atoms with van der Waals surface area (Å²) in [5.41, 5.74) is 2.40. The van der Waals surface area contributed by atoms with E-state index in [9.17, 15) is 0 Å². The van der Waals surface area contributed by atoms with E-state index in [1.165, 1.54) is 24.1 Å². The van der Waals surface area contributed by atoms with Crippen molar-refractivity contribution in [2.24, 2.45) is 0 Å². The number of nitrogens with one attached hydrogen (secondary N) is 1. The Labute approximate surface area is 109 Å². The first-order valence-electron chi connectivity index (χ1n) is 6.43.